The number of ether oxygens (including phenoxy) is 1. The Balaban J connectivity index is 2.11. The summed E-state index contributed by atoms with van der Waals surface area (Å²) in [5, 5.41) is 0. The molecule has 2 rings (SSSR count). The van der Waals surface area contributed by atoms with E-state index in [1.807, 2.05) is 13.0 Å². The molecule has 3 heteroatoms. The van der Waals surface area contributed by atoms with Crippen molar-refractivity contribution in [2.75, 3.05) is 0 Å². The van der Waals surface area contributed by atoms with E-state index in [2.05, 4.69) is 39.0 Å². The Kier molecular flexibility index (Phi) is 4.50. The van der Waals surface area contributed by atoms with Crippen molar-refractivity contribution in [2.45, 2.75) is 46.8 Å². The van der Waals surface area contributed by atoms with E-state index in [0.717, 1.165) is 28.4 Å². The summed E-state index contributed by atoms with van der Waals surface area (Å²) in [4.78, 5) is 0. The average Bonchev–Trinajstić information content (AvgIpc) is 2.78. The normalized spacial score (nSPS) is 11.1. The Labute approximate surface area is 120 Å². The van der Waals surface area contributed by atoms with E-state index in [1.54, 1.807) is 0 Å². The van der Waals surface area contributed by atoms with Gasteiger partial charge in [0.05, 0.1) is 0 Å². The molecule has 0 radical (unpaired) electrons. The molecule has 0 fully saturated rings. The summed E-state index contributed by atoms with van der Waals surface area (Å²) >= 11 is 0. The molecule has 2 aromatic rings. The predicted octanol–water partition coefficient (Wildman–Crippen LogP) is 4.06. The lowest BCUT2D eigenvalue weighted by Crippen LogP contribution is -1.98. The third kappa shape index (κ3) is 3.23. The van der Waals surface area contributed by atoms with Crippen LogP contribution in [0.25, 0.3) is 0 Å². The SMILES string of the molecule is Cc1ccc(C(C)C)cc1OCc1cc(CN)c(C)o1. The molecular weight excluding hydrogens is 250 g/mol. The van der Waals surface area contributed by atoms with Gasteiger partial charge in [-0.05, 0) is 43.0 Å². The summed E-state index contributed by atoms with van der Waals surface area (Å²) in [6.07, 6.45) is 0. The van der Waals surface area contributed by atoms with Crippen molar-refractivity contribution < 1.29 is 9.15 Å². The second-order valence-corrected chi connectivity index (χ2v) is 5.47. The molecular formula is C17H23NO2. The minimum atomic E-state index is 0.434. The molecule has 2 N–H and O–H groups in total. The molecule has 0 amide bonds. The van der Waals surface area contributed by atoms with E-state index in [9.17, 15) is 0 Å². The minimum absolute atomic E-state index is 0.434. The molecule has 0 saturated carbocycles. The third-order valence-corrected chi connectivity index (χ3v) is 3.54. The fourth-order valence-corrected chi connectivity index (χ4v) is 2.14. The van der Waals surface area contributed by atoms with Gasteiger partial charge in [0.2, 0.25) is 0 Å². The first-order valence-corrected chi connectivity index (χ1v) is 7.03. The van der Waals surface area contributed by atoms with Crippen LogP contribution in [0.5, 0.6) is 5.75 Å². The van der Waals surface area contributed by atoms with Gasteiger partial charge in [-0.2, -0.15) is 0 Å². The molecule has 0 aliphatic carbocycles. The van der Waals surface area contributed by atoms with Crippen LogP contribution in [0, 0.1) is 13.8 Å². The van der Waals surface area contributed by atoms with Crippen LogP contribution in [0.3, 0.4) is 0 Å². The third-order valence-electron chi connectivity index (χ3n) is 3.54. The highest BCUT2D eigenvalue weighted by molar-refractivity contribution is 5.37. The fourth-order valence-electron chi connectivity index (χ4n) is 2.14. The van der Waals surface area contributed by atoms with Gasteiger partial charge in [0.25, 0.3) is 0 Å². The van der Waals surface area contributed by atoms with Gasteiger partial charge in [-0.1, -0.05) is 26.0 Å². The molecule has 0 bridgehead atoms. The molecule has 0 saturated heterocycles. The zero-order valence-electron chi connectivity index (χ0n) is 12.7. The van der Waals surface area contributed by atoms with Crippen LogP contribution in [-0.4, -0.2) is 0 Å². The number of aryl methyl sites for hydroxylation is 2. The van der Waals surface area contributed by atoms with Crippen molar-refractivity contribution in [2.24, 2.45) is 5.73 Å². The molecule has 0 atom stereocenters. The summed E-state index contributed by atoms with van der Waals surface area (Å²) in [7, 11) is 0. The summed E-state index contributed by atoms with van der Waals surface area (Å²) in [6.45, 7) is 9.27. The maximum absolute atomic E-state index is 5.89. The van der Waals surface area contributed by atoms with Crippen molar-refractivity contribution in [3.63, 3.8) is 0 Å². The highest BCUT2D eigenvalue weighted by Gasteiger charge is 2.09. The highest BCUT2D eigenvalue weighted by Crippen LogP contribution is 2.25. The molecule has 108 valence electrons. The van der Waals surface area contributed by atoms with Crippen LogP contribution in [0.4, 0.5) is 0 Å². The van der Waals surface area contributed by atoms with E-state index < -0.39 is 0 Å². The summed E-state index contributed by atoms with van der Waals surface area (Å²) < 4.78 is 11.5. The van der Waals surface area contributed by atoms with E-state index in [-0.39, 0.29) is 0 Å². The standard InChI is InChI=1S/C17H23NO2/c1-11(2)14-6-5-12(3)17(8-14)19-10-16-7-15(9-18)13(4)20-16/h5-8,11H,9-10,18H2,1-4H3. The number of hydrogen-bond acceptors (Lipinski definition) is 3. The Morgan fingerprint density at radius 1 is 1.20 bits per heavy atom. The van der Waals surface area contributed by atoms with Gasteiger partial charge in [-0.25, -0.2) is 0 Å². The monoisotopic (exact) mass is 273 g/mol. The van der Waals surface area contributed by atoms with Crippen LogP contribution in [0.1, 0.15) is 48.0 Å². The zero-order valence-corrected chi connectivity index (χ0v) is 12.7. The zero-order chi connectivity index (χ0) is 14.7. The lowest BCUT2D eigenvalue weighted by Gasteiger charge is -2.12. The molecule has 20 heavy (non-hydrogen) atoms. The van der Waals surface area contributed by atoms with Crippen molar-refractivity contribution in [3.05, 3.63) is 52.5 Å². The van der Waals surface area contributed by atoms with Gasteiger partial charge in [-0.3, -0.25) is 0 Å². The lowest BCUT2D eigenvalue weighted by molar-refractivity contribution is 0.265. The van der Waals surface area contributed by atoms with Gasteiger partial charge in [0.1, 0.15) is 23.9 Å². The first-order valence-electron chi connectivity index (χ1n) is 7.03. The number of furan rings is 1. The fraction of sp³-hybridized carbons (Fsp3) is 0.412. The smallest absolute Gasteiger partial charge is 0.146 e. The molecule has 0 aliphatic heterocycles. The Bertz CT molecular complexity index is 585. The first-order chi connectivity index (χ1) is 9.51. The van der Waals surface area contributed by atoms with Gasteiger partial charge >= 0.3 is 0 Å². The Morgan fingerprint density at radius 2 is 1.95 bits per heavy atom. The second-order valence-electron chi connectivity index (χ2n) is 5.47. The molecule has 0 unspecified atom stereocenters. The molecule has 1 heterocycles. The summed E-state index contributed by atoms with van der Waals surface area (Å²) in [5.74, 6) is 3.10. The van der Waals surface area contributed by atoms with Crippen molar-refractivity contribution in [1.82, 2.24) is 0 Å². The molecule has 0 aliphatic rings. The topological polar surface area (TPSA) is 48.4 Å². The van der Waals surface area contributed by atoms with Crippen molar-refractivity contribution in [3.8, 4) is 5.75 Å². The lowest BCUT2D eigenvalue weighted by atomic mass is 10.0. The maximum atomic E-state index is 5.89. The Morgan fingerprint density at radius 3 is 2.55 bits per heavy atom. The molecule has 0 spiro atoms. The van der Waals surface area contributed by atoms with Crippen LogP contribution in [0.2, 0.25) is 0 Å². The van der Waals surface area contributed by atoms with Crippen LogP contribution >= 0.6 is 0 Å². The van der Waals surface area contributed by atoms with Gasteiger partial charge in [0, 0.05) is 12.1 Å². The highest BCUT2D eigenvalue weighted by atomic mass is 16.5. The predicted molar refractivity (Wildman–Crippen MR) is 80.9 cm³/mol. The van der Waals surface area contributed by atoms with Crippen molar-refractivity contribution >= 4 is 0 Å². The largest absolute Gasteiger partial charge is 0.485 e. The van der Waals surface area contributed by atoms with E-state index >= 15 is 0 Å². The first kappa shape index (κ1) is 14.7. The molecule has 1 aromatic carbocycles. The number of nitrogens with two attached hydrogens (primary N) is 1. The van der Waals surface area contributed by atoms with Gasteiger partial charge in [-0.15, -0.1) is 0 Å². The number of benzene rings is 1. The number of hydrogen-bond donors (Lipinski definition) is 1. The minimum Gasteiger partial charge on any atom is -0.485 e. The van der Waals surface area contributed by atoms with Crippen molar-refractivity contribution in [1.29, 1.82) is 0 Å². The second kappa shape index (κ2) is 6.14. The number of rotatable bonds is 5. The van der Waals surface area contributed by atoms with E-state index in [1.165, 1.54) is 5.56 Å². The average molecular weight is 273 g/mol. The van der Waals surface area contributed by atoms with Gasteiger partial charge in [0.15, 0.2) is 0 Å². The van der Waals surface area contributed by atoms with Crippen LogP contribution in [0.15, 0.2) is 28.7 Å². The van der Waals surface area contributed by atoms with Crippen LogP contribution < -0.4 is 10.5 Å². The van der Waals surface area contributed by atoms with E-state index in [0.29, 0.717) is 19.1 Å². The quantitative estimate of drug-likeness (QED) is 0.893. The summed E-state index contributed by atoms with van der Waals surface area (Å²) in [5.41, 5.74) is 9.10. The maximum Gasteiger partial charge on any atom is 0.146 e. The van der Waals surface area contributed by atoms with Gasteiger partial charge < -0.3 is 14.9 Å². The molecule has 1 aromatic heterocycles. The Hall–Kier alpha value is -1.74. The van der Waals surface area contributed by atoms with Crippen LogP contribution in [-0.2, 0) is 13.2 Å². The molecule has 3 nitrogen and oxygen atoms in total. The summed E-state index contributed by atoms with van der Waals surface area (Å²) in [6, 6.07) is 8.33. The van der Waals surface area contributed by atoms with E-state index in [4.69, 9.17) is 14.9 Å².